The summed E-state index contributed by atoms with van der Waals surface area (Å²) in [5, 5.41) is 1.89. The molecule has 26 heavy (non-hydrogen) atoms. The highest BCUT2D eigenvalue weighted by molar-refractivity contribution is 8.18. The van der Waals surface area contributed by atoms with Crippen molar-refractivity contribution in [1.29, 1.82) is 0 Å². The van der Waals surface area contributed by atoms with Crippen molar-refractivity contribution in [3.8, 4) is 11.5 Å². The lowest BCUT2D eigenvalue weighted by Crippen LogP contribution is -2.17. The van der Waals surface area contributed by atoms with E-state index in [9.17, 15) is 9.59 Å². The molecule has 1 fully saturated rings. The summed E-state index contributed by atoms with van der Waals surface area (Å²) in [6, 6.07) is 13.4. The molecule has 6 heteroatoms. The Morgan fingerprint density at radius 2 is 1.65 bits per heavy atom. The lowest BCUT2D eigenvalue weighted by molar-refractivity contribution is -0.115. The fourth-order valence-electron chi connectivity index (χ4n) is 2.60. The Hall–Kier alpha value is -2.73. The summed E-state index contributed by atoms with van der Waals surface area (Å²) >= 11 is 0.896. The zero-order chi connectivity index (χ0) is 18.5. The van der Waals surface area contributed by atoms with Gasteiger partial charge in [0.15, 0.2) is 0 Å². The van der Waals surface area contributed by atoms with Gasteiger partial charge < -0.3 is 9.47 Å². The van der Waals surface area contributed by atoms with E-state index in [-0.39, 0.29) is 11.1 Å². The third kappa shape index (κ3) is 4.89. The number of aryl methyl sites for hydroxylation is 2. The van der Waals surface area contributed by atoms with E-state index in [1.165, 1.54) is 0 Å². The third-order valence-corrected chi connectivity index (χ3v) is 4.42. The smallest absolute Gasteiger partial charge is 0.290 e. The molecule has 0 bridgehead atoms. The maximum absolute atomic E-state index is 11.6. The Morgan fingerprint density at radius 3 is 2.31 bits per heavy atom. The molecule has 1 heterocycles. The molecule has 0 spiro atoms. The van der Waals surface area contributed by atoms with Gasteiger partial charge in [-0.3, -0.25) is 14.9 Å². The highest BCUT2D eigenvalue weighted by Crippen LogP contribution is 2.26. The molecule has 0 aliphatic carbocycles. The van der Waals surface area contributed by atoms with Crippen LogP contribution in [0.4, 0.5) is 4.79 Å². The number of nitrogens with one attached hydrogen (secondary N) is 1. The minimum absolute atomic E-state index is 0.350. The van der Waals surface area contributed by atoms with Crippen molar-refractivity contribution in [3.63, 3.8) is 0 Å². The van der Waals surface area contributed by atoms with E-state index in [4.69, 9.17) is 9.47 Å². The number of thioether (sulfide) groups is 1. The van der Waals surface area contributed by atoms with Gasteiger partial charge in [-0.1, -0.05) is 18.2 Å². The van der Waals surface area contributed by atoms with Crippen LogP contribution in [0.15, 0.2) is 47.4 Å². The zero-order valence-corrected chi connectivity index (χ0v) is 15.4. The molecule has 1 aliphatic rings. The minimum atomic E-state index is -0.367. The van der Waals surface area contributed by atoms with Crippen LogP contribution in [0, 0.1) is 13.8 Å². The van der Waals surface area contributed by atoms with E-state index < -0.39 is 0 Å². The monoisotopic (exact) mass is 369 g/mol. The summed E-state index contributed by atoms with van der Waals surface area (Å²) in [4.78, 5) is 23.2. The predicted octanol–water partition coefficient (Wildman–Crippen LogP) is 4.09. The number of rotatable bonds is 6. The van der Waals surface area contributed by atoms with Crippen LogP contribution >= 0.6 is 11.8 Å². The SMILES string of the molecule is Cc1cc(C)cc(OCCOc2cccc(/C=C3/SC(=O)NC3=O)c2)c1. The number of amides is 2. The van der Waals surface area contributed by atoms with Crippen LogP contribution in [0.5, 0.6) is 11.5 Å². The first-order valence-electron chi connectivity index (χ1n) is 8.18. The number of carbonyl (C=O) groups excluding carboxylic acids is 2. The second-order valence-electron chi connectivity index (χ2n) is 5.95. The second-order valence-corrected chi connectivity index (χ2v) is 6.96. The van der Waals surface area contributed by atoms with E-state index in [2.05, 4.69) is 11.4 Å². The van der Waals surface area contributed by atoms with E-state index >= 15 is 0 Å². The van der Waals surface area contributed by atoms with Crippen molar-refractivity contribution in [2.75, 3.05) is 13.2 Å². The summed E-state index contributed by atoms with van der Waals surface area (Å²) in [5.74, 6) is 1.14. The molecule has 2 aromatic carbocycles. The van der Waals surface area contributed by atoms with E-state index in [0.717, 1.165) is 34.2 Å². The number of carbonyl (C=O) groups is 2. The molecule has 1 N–H and O–H groups in total. The number of hydrogen-bond donors (Lipinski definition) is 1. The Bertz CT molecular complexity index is 856. The van der Waals surface area contributed by atoms with Crippen LogP contribution in [-0.4, -0.2) is 24.4 Å². The van der Waals surface area contributed by atoms with Gasteiger partial charge in [0.2, 0.25) is 0 Å². The van der Waals surface area contributed by atoms with E-state index in [1.807, 2.05) is 50.2 Å². The topological polar surface area (TPSA) is 64.6 Å². The van der Waals surface area contributed by atoms with E-state index in [0.29, 0.717) is 23.9 Å². The van der Waals surface area contributed by atoms with Crippen molar-refractivity contribution in [2.45, 2.75) is 13.8 Å². The molecule has 1 aliphatic heterocycles. The maximum atomic E-state index is 11.6. The summed E-state index contributed by atoms with van der Waals surface area (Å²) in [6.45, 7) is 4.90. The first-order valence-corrected chi connectivity index (χ1v) is 9.00. The maximum Gasteiger partial charge on any atom is 0.290 e. The average Bonchev–Trinajstić information content (AvgIpc) is 2.88. The van der Waals surface area contributed by atoms with Gasteiger partial charge in [0.05, 0.1) is 4.91 Å². The van der Waals surface area contributed by atoms with Crippen LogP contribution in [0.1, 0.15) is 16.7 Å². The molecule has 2 amide bonds. The Kier molecular flexibility index (Phi) is 5.63. The molecule has 3 rings (SSSR count). The molecule has 134 valence electrons. The normalized spacial score (nSPS) is 15.2. The molecule has 0 saturated carbocycles. The number of hydrogen-bond acceptors (Lipinski definition) is 5. The first-order chi connectivity index (χ1) is 12.5. The average molecular weight is 369 g/mol. The minimum Gasteiger partial charge on any atom is -0.490 e. The molecule has 2 aromatic rings. The molecule has 0 radical (unpaired) electrons. The van der Waals surface area contributed by atoms with Crippen molar-refractivity contribution in [1.82, 2.24) is 5.32 Å². The Balaban J connectivity index is 1.55. The molecule has 0 aromatic heterocycles. The van der Waals surface area contributed by atoms with E-state index in [1.54, 1.807) is 6.08 Å². The highest BCUT2D eigenvalue weighted by atomic mass is 32.2. The fraction of sp³-hybridized carbons (Fsp3) is 0.200. The molecule has 0 atom stereocenters. The van der Waals surface area contributed by atoms with Gasteiger partial charge in [-0.2, -0.15) is 0 Å². The Morgan fingerprint density at radius 1 is 0.962 bits per heavy atom. The van der Waals surface area contributed by atoms with Gasteiger partial charge >= 0.3 is 0 Å². The van der Waals surface area contributed by atoms with Crippen molar-refractivity contribution in [3.05, 3.63) is 64.1 Å². The van der Waals surface area contributed by atoms with Gasteiger partial charge in [0, 0.05) is 0 Å². The standard InChI is InChI=1S/C20H19NO4S/c1-13-8-14(2)10-17(9-13)25-7-6-24-16-5-3-4-15(11-16)12-18-19(22)21-20(23)26-18/h3-5,8-12H,6-7H2,1-2H3,(H,21,22,23)/b18-12+. The van der Waals surface area contributed by atoms with Gasteiger partial charge in [0.25, 0.3) is 11.1 Å². The summed E-state index contributed by atoms with van der Waals surface area (Å²) in [6.07, 6.45) is 1.67. The largest absolute Gasteiger partial charge is 0.490 e. The van der Waals surface area contributed by atoms with Crippen LogP contribution in [0.3, 0.4) is 0 Å². The molecule has 5 nitrogen and oxygen atoms in total. The van der Waals surface area contributed by atoms with Crippen molar-refractivity contribution in [2.24, 2.45) is 0 Å². The second kappa shape index (κ2) is 8.10. The summed E-state index contributed by atoms with van der Waals surface area (Å²) in [7, 11) is 0. The van der Waals surface area contributed by atoms with Crippen molar-refractivity contribution >= 4 is 29.0 Å². The van der Waals surface area contributed by atoms with Gasteiger partial charge in [-0.05, 0) is 72.6 Å². The van der Waals surface area contributed by atoms with Crippen molar-refractivity contribution < 1.29 is 19.1 Å². The quantitative estimate of drug-likeness (QED) is 0.614. The summed E-state index contributed by atoms with van der Waals surface area (Å²) < 4.78 is 11.4. The van der Waals surface area contributed by atoms with Crippen LogP contribution in [0.25, 0.3) is 6.08 Å². The van der Waals surface area contributed by atoms with Gasteiger partial charge in [-0.25, -0.2) is 0 Å². The van der Waals surface area contributed by atoms with Crippen LogP contribution in [0.2, 0.25) is 0 Å². The molecular formula is C20H19NO4S. The lowest BCUT2D eigenvalue weighted by atomic mass is 10.1. The molecule has 1 saturated heterocycles. The van der Waals surface area contributed by atoms with Crippen LogP contribution in [-0.2, 0) is 4.79 Å². The van der Waals surface area contributed by atoms with Gasteiger partial charge in [-0.15, -0.1) is 0 Å². The fourth-order valence-corrected chi connectivity index (χ4v) is 3.28. The Labute approximate surface area is 156 Å². The number of benzene rings is 2. The zero-order valence-electron chi connectivity index (χ0n) is 14.6. The lowest BCUT2D eigenvalue weighted by Gasteiger charge is -2.10. The molecule has 0 unspecified atom stereocenters. The highest BCUT2D eigenvalue weighted by Gasteiger charge is 2.24. The third-order valence-electron chi connectivity index (χ3n) is 3.61. The number of ether oxygens (including phenoxy) is 2. The van der Waals surface area contributed by atoms with Crippen LogP contribution < -0.4 is 14.8 Å². The first kappa shape index (κ1) is 18.1. The van der Waals surface area contributed by atoms with Gasteiger partial charge in [0.1, 0.15) is 24.7 Å². The molecular weight excluding hydrogens is 350 g/mol. The predicted molar refractivity (Wildman–Crippen MR) is 102 cm³/mol. The number of imide groups is 1. The summed E-state index contributed by atoms with van der Waals surface area (Å²) in [5.41, 5.74) is 3.12.